The Kier molecular flexibility index (Phi) is 6.07. The lowest BCUT2D eigenvalue weighted by Crippen LogP contribution is -2.32. The molecule has 1 aliphatic heterocycles. The summed E-state index contributed by atoms with van der Waals surface area (Å²) in [5.74, 6) is -0.909. The van der Waals surface area contributed by atoms with Gasteiger partial charge in [-0.25, -0.2) is 9.29 Å². The van der Waals surface area contributed by atoms with Gasteiger partial charge in [0.15, 0.2) is 11.5 Å². The lowest BCUT2D eigenvalue weighted by atomic mass is 10.0. The van der Waals surface area contributed by atoms with Crippen molar-refractivity contribution in [3.8, 4) is 11.5 Å². The topological polar surface area (TPSA) is 67.9 Å². The normalized spacial score (nSPS) is 13.5. The average molecular weight is 467 g/mol. The quantitative estimate of drug-likeness (QED) is 0.506. The maximum absolute atomic E-state index is 13.9. The molecule has 4 rings (SSSR count). The second-order valence-corrected chi connectivity index (χ2v) is 7.69. The summed E-state index contributed by atoms with van der Waals surface area (Å²) in [6, 6.07) is 15.4. The van der Waals surface area contributed by atoms with E-state index in [0.717, 1.165) is 11.0 Å². The van der Waals surface area contributed by atoms with Gasteiger partial charge in [0.25, 0.3) is 11.8 Å². The number of rotatable bonds is 6. The van der Waals surface area contributed by atoms with Gasteiger partial charge in [-0.3, -0.25) is 9.59 Å². The van der Waals surface area contributed by atoms with Crippen LogP contribution in [0.3, 0.4) is 0 Å². The largest absolute Gasteiger partial charge is 0.493 e. The SMILES string of the molecule is COc1ccc(C2=C(Nc3cccc(Cl)c3C)C(=O)N(c3cccc(F)c3)C2=O)cc1OC. The minimum Gasteiger partial charge on any atom is -0.493 e. The molecule has 1 aliphatic rings. The Morgan fingerprint density at radius 1 is 0.909 bits per heavy atom. The minimum atomic E-state index is -0.616. The highest BCUT2D eigenvalue weighted by atomic mass is 35.5. The van der Waals surface area contributed by atoms with Gasteiger partial charge in [-0.1, -0.05) is 29.8 Å². The molecule has 0 saturated heterocycles. The molecule has 3 aromatic rings. The summed E-state index contributed by atoms with van der Waals surface area (Å²) in [6.07, 6.45) is 0. The fourth-order valence-corrected chi connectivity index (χ4v) is 3.81. The summed E-state index contributed by atoms with van der Waals surface area (Å²) in [5.41, 5.74) is 2.00. The highest BCUT2D eigenvalue weighted by Gasteiger charge is 2.40. The molecule has 33 heavy (non-hydrogen) atoms. The summed E-state index contributed by atoms with van der Waals surface area (Å²) < 4.78 is 24.5. The number of ether oxygens (including phenoxy) is 2. The number of nitrogens with zero attached hydrogens (tertiary/aromatic N) is 1. The van der Waals surface area contributed by atoms with E-state index in [1.807, 2.05) is 0 Å². The standard InChI is InChI=1S/C25H20ClFN2O4/c1-14-18(26)8-5-9-19(14)28-23-22(15-10-11-20(32-2)21(12-15)33-3)24(30)29(25(23)31)17-7-4-6-16(27)13-17/h4-13,28H,1-3H3. The van der Waals surface area contributed by atoms with Crippen LogP contribution in [0.15, 0.2) is 66.4 Å². The predicted molar refractivity (Wildman–Crippen MR) is 125 cm³/mol. The van der Waals surface area contributed by atoms with Crippen LogP contribution in [0.25, 0.3) is 5.57 Å². The number of benzene rings is 3. The first kappa shape index (κ1) is 22.4. The molecular formula is C25H20ClFN2O4. The molecule has 2 amide bonds. The first-order chi connectivity index (χ1) is 15.8. The molecule has 0 radical (unpaired) electrons. The number of methoxy groups -OCH3 is 2. The molecule has 0 spiro atoms. The van der Waals surface area contributed by atoms with Crippen LogP contribution in [0, 0.1) is 12.7 Å². The molecule has 6 nitrogen and oxygen atoms in total. The van der Waals surface area contributed by atoms with Gasteiger partial charge < -0.3 is 14.8 Å². The zero-order chi connectivity index (χ0) is 23.7. The Balaban J connectivity index is 1.89. The fourth-order valence-electron chi connectivity index (χ4n) is 3.63. The van der Waals surface area contributed by atoms with Gasteiger partial charge in [0.05, 0.1) is 25.5 Å². The van der Waals surface area contributed by atoms with Crippen LogP contribution in [0.1, 0.15) is 11.1 Å². The van der Waals surface area contributed by atoms with Crippen LogP contribution in [-0.4, -0.2) is 26.0 Å². The Morgan fingerprint density at radius 2 is 1.64 bits per heavy atom. The van der Waals surface area contributed by atoms with Crippen molar-refractivity contribution in [3.63, 3.8) is 0 Å². The Labute approximate surface area is 195 Å². The van der Waals surface area contributed by atoms with E-state index in [1.165, 1.54) is 32.4 Å². The van der Waals surface area contributed by atoms with Crippen LogP contribution in [0.4, 0.5) is 15.8 Å². The van der Waals surface area contributed by atoms with E-state index in [9.17, 15) is 14.0 Å². The smallest absolute Gasteiger partial charge is 0.282 e. The lowest BCUT2D eigenvalue weighted by molar-refractivity contribution is -0.120. The predicted octanol–water partition coefficient (Wildman–Crippen LogP) is 5.20. The van der Waals surface area contributed by atoms with Crippen molar-refractivity contribution in [1.29, 1.82) is 0 Å². The number of carbonyl (C=O) groups excluding carboxylic acids is 2. The maximum atomic E-state index is 13.9. The summed E-state index contributed by atoms with van der Waals surface area (Å²) >= 11 is 6.24. The number of nitrogens with one attached hydrogen (secondary N) is 1. The lowest BCUT2D eigenvalue weighted by Gasteiger charge is -2.16. The van der Waals surface area contributed by atoms with E-state index in [0.29, 0.717) is 33.3 Å². The third-order valence-electron chi connectivity index (χ3n) is 5.35. The number of amides is 2. The molecule has 0 atom stereocenters. The van der Waals surface area contributed by atoms with Crippen LogP contribution < -0.4 is 19.7 Å². The maximum Gasteiger partial charge on any atom is 0.282 e. The number of hydrogen-bond acceptors (Lipinski definition) is 5. The van der Waals surface area contributed by atoms with E-state index in [1.54, 1.807) is 43.3 Å². The monoisotopic (exact) mass is 466 g/mol. The third-order valence-corrected chi connectivity index (χ3v) is 5.76. The van der Waals surface area contributed by atoms with Crippen molar-refractivity contribution in [2.45, 2.75) is 6.92 Å². The molecule has 0 aromatic heterocycles. The fraction of sp³-hybridized carbons (Fsp3) is 0.120. The summed E-state index contributed by atoms with van der Waals surface area (Å²) in [7, 11) is 2.98. The van der Waals surface area contributed by atoms with E-state index in [-0.39, 0.29) is 17.0 Å². The molecule has 0 fully saturated rings. The highest BCUT2D eigenvalue weighted by Crippen LogP contribution is 2.38. The van der Waals surface area contributed by atoms with Crippen LogP contribution in [0.2, 0.25) is 5.02 Å². The van der Waals surface area contributed by atoms with Gasteiger partial charge in [-0.05, 0) is 60.5 Å². The molecule has 0 bridgehead atoms. The van der Waals surface area contributed by atoms with E-state index < -0.39 is 17.6 Å². The van der Waals surface area contributed by atoms with E-state index >= 15 is 0 Å². The van der Waals surface area contributed by atoms with Gasteiger partial charge in [0.1, 0.15) is 11.5 Å². The number of carbonyl (C=O) groups is 2. The van der Waals surface area contributed by atoms with E-state index in [2.05, 4.69) is 5.32 Å². The first-order valence-electron chi connectivity index (χ1n) is 9.99. The second kappa shape index (κ2) is 8.96. The Morgan fingerprint density at radius 3 is 2.33 bits per heavy atom. The highest BCUT2D eigenvalue weighted by molar-refractivity contribution is 6.46. The molecule has 0 unspecified atom stereocenters. The van der Waals surface area contributed by atoms with Gasteiger partial charge in [-0.2, -0.15) is 0 Å². The second-order valence-electron chi connectivity index (χ2n) is 7.28. The van der Waals surface area contributed by atoms with E-state index in [4.69, 9.17) is 21.1 Å². The average Bonchev–Trinajstić information content (AvgIpc) is 3.05. The summed E-state index contributed by atoms with van der Waals surface area (Å²) in [5, 5.41) is 3.58. The van der Waals surface area contributed by atoms with Crippen molar-refractivity contribution >= 4 is 40.4 Å². The van der Waals surface area contributed by atoms with Crippen LogP contribution in [-0.2, 0) is 9.59 Å². The van der Waals surface area contributed by atoms with Gasteiger partial charge in [0.2, 0.25) is 0 Å². The molecular weight excluding hydrogens is 447 g/mol. The first-order valence-corrected chi connectivity index (χ1v) is 10.4. The van der Waals surface area contributed by atoms with Gasteiger partial charge >= 0.3 is 0 Å². The van der Waals surface area contributed by atoms with Crippen molar-refractivity contribution < 1.29 is 23.5 Å². The molecule has 1 heterocycles. The summed E-state index contributed by atoms with van der Waals surface area (Å²) in [4.78, 5) is 27.9. The van der Waals surface area contributed by atoms with Crippen molar-refractivity contribution in [2.75, 3.05) is 24.4 Å². The Hall–Kier alpha value is -3.84. The van der Waals surface area contributed by atoms with Crippen LogP contribution >= 0.6 is 11.6 Å². The van der Waals surface area contributed by atoms with Crippen molar-refractivity contribution in [1.82, 2.24) is 0 Å². The van der Waals surface area contributed by atoms with Crippen LogP contribution in [0.5, 0.6) is 11.5 Å². The molecule has 1 N–H and O–H groups in total. The minimum absolute atomic E-state index is 0.0434. The number of hydrogen-bond donors (Lipinski definition) is 1. The third kappa shape index (κ3) is 4.03. The summed E-state index contributed by atoms with van der Waals surface area (Å²) in [6.45, 7) is 1.80. The van der Waals surface area contributed by atoms with Gasteiger partial charge in [0, 0.05) is 10.7 Å². The molecule has 0 saturated carbocycles. The van der Waals surface area contributed by atoms with Crippen molar-refractivity contribution in [2.24, 2.45) is 0 Å². The zero-order valence-electron chi connectivity index (χ0n) is 18.1. The zero-order valence-corrected chi connectivity index (χ0v) is 18.9. The molecule has 8 heteroatoms. The van der Waals surface area contributed by atoms with Gasteiger partial charge in [-0.15, -0.1) is 0 Å². The molecule has 0 aliphatic carbocycles. The van der Waals surface area contributed by atoms with Crippen molar-refractivity contribution in [3.05, 3.63) is 88.3 Å². The number of halogens is 2. The molecule has 168 valence electrons. The molecule has 3 aromatic carbocycles. The number of anilines is 2. The number of imide groups is 1. The Bertz CT molecular complexity index is 1310.